The summed E-state index contributed by atoms with van der Waals surface area (Å²) in [5.41, 5.74) is 1.13. The van der Waals surface area contributed by atoms with Gasteiger partial charge in [0, 0.05) is 23.9 Å². The standard InChI is InChI=1S/C11H14N2O4/c1-7(11(14)15)6-12-9-4-3-5-10(8(9)2)13(16)17/h3-5,7,12H,6H2,1-2H3,(H,14,15). The minimum Gasteiger partial charge on any atom is -0.481 e. The van der Waals surface area contributed by atoms with Gasteiger partial charge in [-0.05, 0) is 13.0 Å². The maximum Gasteiger partial charge on any atom is 0.308 e. The van der Waals surface area contributed by atoms with Crippen molar-refractivity contribution < 1.29 is 14.8 Å². The van der Waals surface area contributed by atoms with E-state index in [1.165, 1.54) is 6.07 Å². The van der Waals surface area contributed by atoms with Crippen LogP contribution >= 0.6 is 0 Å². The van der Waals surface area contributed by atoms with Crippen molar-refractivity contribution in [2.75, 3.05) is 11.9 Å². The predicted octanol–water partition coefficient (Wildman–Crippen LogP) is 2.04. The quantitative estimate of drug-likeness (QED) is 0.604. The first-order chi connectivity index (χ1) is 7.93. The van der Waals surface area contributed by atoms with Crippen LogP contribution in [-0.4, -0.2) is 22.5 Å². The predicted molar refractivity (Wildman–Crippen MR) is 63.1 cm³/mol. The van der Waals surface area contributed by atoms with Crippen LogP contribution in [0.1, 0.15) is 12.5 Å². The van der Waals surface area contributed by atoms with E-state index < -0.39 is 16.8 Å². The van der Waals surface area contributed by atoms with Gasteiger partial charge in [0.25, 0.3) is 5.69 Å². The van der Waals surface area contributed by atoms with Gasteiger partial charge in [0.2, 0.25) is 0 Å². The summed E-state index contributed by atoms with van der Waals surface area (Å²) in [5, 5.41) is 22.3. The summed E-state index contributed by atoms with van der Waals surface area (Å²) in [6.45, 7) is 3.44. The molecular weight excluding hydrogens is 224 g/mol. The van der Waals surface area contributed by atoms with Gasteiger partial charge in [-0.3, -0.25) is 14.9 Å². The molecule has 6 nitrogen and oxygen atoms in total. The lowest BCUT2D eigenvalue weighted by molar-refractivity contribution is -0.385. The highest BCUT2D eigenvalue weighted by atomic mass is 16.6. The first-order valence-electron chi connectivity index (χ1n) is 5.14. The lowest BCUT2D eigenvalue weighted by Gasteiger charge is -2.11. The van der Waals surface area contributed by atoms with Crippen LogP contribution in [-0.2, 0) is 4.79 Å². The molecule has 0 amide bonds. The van der Waals surface area contributed by atoms with Crippen molar-refractivity contribution in [1.82, 2.24) is 0 Å². The first-order valence-corrected chi connectivity index (χ1v) is 5.14. The third-order valence-electron chi connectivity index (χ3n) is 2.52. The number of anilines is 1. The van der Waals surface area contributed by atoms with E-state index in [-0.39, 0.29) is 12.2 Å². The molecule has 17 heavy (non-hydrogen) atoms. The van der Waals surface area contributed by atoms with E-state index in [0.29, 0.717) is 11.3 Å². The molecule has 1 rings (SSSR count). The van der Waals surface area contributed by atoms with Gasteiger partial charge >= 0.3 is 5.97 Å². The Kier molecular flexibility index (Phi) is 4.03. The molecular formula is C11H14N2O4. The maximum atomic E-state index is 10.7. The fourth-order valence-electron chi connectivity index (χ4n) is 1.36. The Morgan fingerprint density at radius 2 is 2.24 bits per heavy atom. The van der Waals surface area contributed by atoms with Crippen molar-refractivity contribution in [1.29, 1.82) is 0 Å². The van der Waals surface area contributed by atoms with E-state index in [2.05, 4.69) is 5.32 Å². The van der Waals surface area contributed by atoms with Gasteiger partial charge < -0.3 is 10.4 Å². The minimum absolute atomic E-state index is 0.0259. The lowest BCUT2D eigenvalue weighted by Crippen LogP contribution is -2.20. The molecule has 0 heterocycles. The van der Waals surface area contributed by atoms with Crippen LogP contribution in [0.3, 0.4) is 0 Å². The van der Waals surface area contributed by atoms with Gasteiger partial charge in [0.15, 0.2) is 0 Å². The van der Waals surface area contributed by atoms with Crippen molar-refractivity contribution >= 4 is 17.3 Å². The van der Waals surface area contributed by atoms with Crippen LogP contribution in [0.15, 0.2) is 18.2 Å². The van der Waals surface area contributed by atoms with Crippen LogP contribution in [0, 0.1) is 23.0 Å². The third-order valence-corrected chi connectivity index (χ3v) is 2.52. The Morgan fingerprint density at radius 3 is 2.76 bits per heavy atom. The van der Waals surface area contributed by atoms with Crippen molar-refractivity contribution in [2.45, 2.75) is 13.8 Å². The summed E-state index contributed by atoms with van der Waals surface area (Å²) >= 11 is 0. The third kappa shape index (κ3) is 3.17. The number of aliphatic carboxylic acids is 1. The highest BCUT2D eigenvalue weighted by Crippen LogP contribution is 2.25. The molecule has 92 valence electrons. The van der Waals surface area contributed by atoms with Gasteiger partial charge in [-0.25, -0.2) is 0 Å². The molecule has 0 aliphatic carbocycles. The molecule has 0 fully saturated rings. The summed E-state index contributed by atoms with van der Waals surface area (Å²) in [7, 11) is 0. The van der Waals surface area contributed by atoms with Crippen molar-refractivity contribution in [2.24, 2.45) is 5.92 Å². The number of hydrogen-bond acceptors (Lipinski definition) is 4. The molecule has 0 aliphatic heterocycles. The molecule has 1 aromatic rings. The summed E-state index contributed by atoms with van der Waals surface area (Å²) in [6, 6.07) is 4.68. The SMILES string of the molecule is Cc1c(NCC(C)C(=O)O)cccc1[N+](=O)[O-]. The average Bonchev–Trinajstić information content (AvgIpc) is 2.26. The van der Waals surface area contributed by atoms with Gasteiger partial charge in [-0.15, -0.1) is 0 Å². The summed E-state index contributed by atoms with van der Waals surface area (Å²) < 4.78 is 0. The minimum atomic E-state index is -0.902. The molecule has 0 spiro atoms. The highest BCUT2D eigenvalue weighted by molar-refractivity contribution is 5.70. The Balaban J connectivity index is 2.82. The Labute approximate surface area is 98.4 Å². The average molecular weight is 238 g/mol. The Bertz CT molecular complexity index is 445. The van der Waals surface area contributed by atoms with Gasteiger partial charge in [-0.1, -0.05) is 13.0 Å². The zero-order valence-corrected chi connectivity index (χ0v) is 9.64. The monoisotopic (exact) mass is 238 g/mol. The summed E-state index contributed by atoms with van der Waals surface area (Å²) in [5.74, 6) is -1.45. The number of nitrogens with one attached hydrogen (secondary N) is 1. The normalized spacial score (nSPS) is 11.9. The smallest absolute Gasteiger partial charge is 0.308 e. The number of carboxylic acid groups (broad SMARTS) is 1. The topological polar surface area (TPSA) is 92.5 Å². The van der Waals surface area contributed by atoms with Crippen LogP contribution in [0.4, 0.5) is 11.4 Å². The van der Waals surface area contributed by atoms with E-state index in [1.54, 1.807) is 26.0 Å². The second-order valence-electron chi connectivity index (χ2n) is 3.83. The molecule has 0 saturated carbocycles. The van der Waals surface area contributed by atoms with Crippen LogP contribution in [0.25, 0.3) is 0 Å². The van der Waals surface area contributed by atoms with E-state index in [0.717, 1.165) is 0 Å². The van der Waals surface area contributed by atoms with Gasteiger partial charge in [-0.2, -0.15) is 0 Å². The van der Waals surface area contributed by atoms with Crippen LogP contribution in [0.5, 0.6) is 0 Å². The molecule has 1 aromatic carbocycles. The molecule has 0 saturated heterocycles. The van der Waals surface area contributed by atoms with E-state index >= 15 is 0 Å². The molecule has 1 atom stereocenters. The number of rotatable bonds is 5. The number of carboxylic acids is 1. The molecule has 0 aromatic heterocycles. The van der Waals surface area contributed by atoms with Crippen molar-refractivity contribution in [3.05, 3.63) is 33.9 Å². The number of carbonyl (C=O) groups is 1. The van der Waals surface area contributed by atoms with Crippen LogP contribution < -0.4 is 5.32 Å². The van der Waals surface area contributed by atoms with E-state index in [9.17, 15) is 14.9 Å². The molecule has 1 unspecified atom stereocenters. The number of nitro benzene ring substituents is 1. The Hall–Kier alpha value is -2.11. The molecule has 6 heteroatoms. The van der Waals surface area contributed by atoms with E-state index in [4.69, 9.17) is 5.11 Å². The summed E-state index contributed by atoms with van der Waals surface area (Å²) in [4.78, 5) is 20.9. The number of hydrogen-bond donors (Lipinski definition) is 2. The molecule has 0 bridgehead atoms. The first kappa shape index (κ1) is 13.0. The van der Waals surface area contributed by atoms with Gasteiger partial charge in [0.05, 0.1) is 10.8 Å². The number of nitrogens with zero attached hydrogens (tertiary/aromatic N) is 1. The second-order valence-corrected chi connectivity index (χ2v) is 3.83. The fourth-order valence-corrected chi connectivity index (χ4v) is 1.36. The Morgan fingerprint density at radius 1 is 1.59 bits per heavy atom. The van der Waals surface area contributed by atoms with Crippen molar-refractivity contribution in [3.8, 4) is 0 Å². The molecule has 0 aliphatic rings. The van der Waals surface area contributed by atoms with Crippen molar-refractivity contribution in [3.63, 3.8) is 0 Å². The van der Waals surface area contributed by atoms with Crippen LogP contribution in [0.2, 0.25) is 0 Å². The highest BCUT2D eigenvalue weighted by Gasteiger charge is 2.15. The zero-order valence-electron chi connectivity index (χ0n) is 9.64. The second kappa shape index (κ2) is 5.29. The molecule has 2 N–H and O–H groups in total. The zero-order chi connectivity index (χ0) is 13.0. The van der Waals surface area contributed by atoms with Gasteiger partial charge in [0.1, 0.15) is 0 Å². The lowest BCUT2D eigenvalue weighted by atomic mass is 10.1. The largest absolute Gasteiger partial charge is 0.481 e. The maximum absolute atomic E-state index is 10.7. The molecule has 0 radical (unpaired) electrons. The number of benzene rings is 1. The summed E-state index contributed by atoms with van der Waals surface area (Å²) in [6.07, 6.45) is 0. The van der Waals surface area contributed by atoms with E-state index in [1.807, 2.05) is 0 Å². The fraction of sp³-hybridized carbons (Fsp3) is 0.364. The number of nitro groups is 1.